The second-order valence-electron chi connectivity index (χ2n) is 4.81. The SMILES string of the molecule is O=C1CC2=NC[C@H]3CC23c2ccccc21. The van der Waals surface area contributed by atoms with Crippen LogP contribution < -0.4 is 0 Å². The van der Waals surface area contributed by atoms with Crippen LogP contribution in [-0.4, -0.2) is 18.0 Å². The zero-order valence-electron chi connectivity index (χ0n) is 8.36. The second-order valence-corrected chi connectivity index (χ2v) is 4.81. The topological polar surface area (TPSA) is 29.4 Å². The van der Waals surface area contributed by atoms with Crippen molar-refractivity contribution in [1.29, 1.82) is 0 Å². The Balaban J connectivity index is 2.04. The predicted molar refractivity (Wildman–Crippen MR) is 57.5 cm³/mol. The maximum atomic E-state index is 11.9. The van der Waals surface area contributed by atoms with Gasteiger partial charge in [0, 0.05) is 29.7 Å². The molecule has 2 heteroatoms. The third-order valence-corrected chi connectivity index (χ3v) is 4.16. The van der Waals surface area contributed by atoms with Crippen molar-refractivity contribution >= 4 is 11.5 Å². The van der Waals surface area contributed by atoms with E-state index in [0.717, 1.165) is 17.8 Å². The molecule has 1 spiro atoms. The Bertz CT molecular complexity index is 517. The van der Waals surface area contributed by atoms with Crippen LogP contribution in [0.15, 0.2) is 29.3 Å². The van der Waals surface area contributed by atoms with Crippen molar-refractivity contribution in [3.63, 3.8) is 0 Å². The van der Waals surface area contributed by atoms with E-state index in [1.165, 1.54) is 12.0 Å². The van der Waals surface area contributed by atoms with Crippen molar-refractivity contribution in [2.75, 3.05) is 6.54 Å². The maximum absolute atomic E-state index is 11.9. The first-order valence-electron chi connectivity index (χ1n) is 5.49. The molecule has 0 N–H and O–H groups in total. The van der Waals surface area contributed by atoms with Gasteiger partial charge in [-0.15, -0.1) is 0 Å². The first-order chi connectivity index (χ1) is 7.32. The molecule has 2 aliphatic carbocycles. The van der Waals surface area contributed by atoms with Crippen LogP contribution in [0.2, 0.25) is 0 Å². The van der Waals surface area contributed by atoms with Crippen molar-refractivity contribution in [1.82, 2.24) is 0 Å². The summed E-state index contributed by atoms with van der Waals surface area (Å²) in [6, 6.07) is 8.09. The summed E-state index contributed by atoms with van der Waals surface area (Å²) in [6.45, 7) is 0.941. The summed E-state index contributed by atoms with van der Waals surface area (Å²) in [5.41, 5.74) is 3.56. The van der Waals surface area contributed by atoms with Gasteiger partial charge in [-0.25, -0.2) is 0 Å². The minimum atomic E-state index is 0.199. The number of hydrogen-bond acceptors (Lipinski definition) is 2. The van der Waals surface area contributed by atoms with Crippen LogP contribution in [0.1, 0.15) is 28.8 Å². The number of carbonyl (C=O) groups is 1. The second kappa shape index (κ2) is 2.21. The molecule has 1 aliphatic heterocycles. The van der Waals surface area contributed by atoms with Gasteiger partial charge in [0.1, 0.15) is 0 Å². The number of aliphatic imine (C=N–C) groups is 1. The number of carbonyl (C=O) groups excluding carboxylic acids is 1. The van der Waals surface area contributed by atoms with Crippen LogP contribution in [-0.2, 0) is 5.41 Å². The number of ketones is 1. The summed E-state index contributed by atoms with van der Waals surface area (Å²) in [5, 5.41) is 0. The lowest BCUT2D eigenvalue weighted by Crippen LogP contribution is -2.30. The normalized spacial score (nSPS) is 35.3. The van der Waals surface area contributed by atoms with Gasteiger partial charge in [0.25, 0.3) is 0 Å². The number of nitrogens with zero attached hydrogens (tertiary/aromatic N) is 1. The van der Waals surface area contributed by atoms with Gasteiger partial charge < -0.3 is 0 Å². The van der Waals surface area contributed by atoms with Gasteiger partial charge in [0.05, 0.1) is 0 Å². The van der Waals surface area contributed by atoms with Crippen molar-refractivity contribution in [2.24, 2.45) is 10.9 Å². The minimum absolute atomic E-state index is 0.199. The molecule has 4 rings (SSSR count). The quantitative estimate of drug-likeness (QED) is 0.625. The molecule has 3 aliphatic rings. The summed E-state index contributed by atoms with van der Waals surface area (Å²) in [5.74, 6) is 0.948. The summed E-state index contributed by atoms with van der Waals surface area (Å²) in [7, 11) is 0. The van der Waals surface area contributed by atoms with E-state index in [2.05, 4.69) is 11.1 Å². The highest BCUT2D eigenvalue weighted by atomic mass is 16.1. The Labute approximate surface area is 88.0 Å². The molecule has 0 saturated heterocycles. The van der Waals surface area contributed by atoms with Crippen molar-refractivity contribution in [2.45, 2.75) is 18.3 Å². The van der Waals surface area contributed by atoms with E-state index in [-0.39, 0.29) is 11.2 Å². The number of fused-ring (bicyclic) bond motifs is 1. The Morgan fingerprint density at radius 2 is 2.20 bits per heavy atom. The molecular formula is C13H11NO. The number of benzene rings is 1. The highest BCUT2D eigenvalue weighted by Crippen LogP contribution is 2.61. The standard InChI is InChI=1S/C13H11NO/c15-11-5-12-13(6-8(13)7-14-12)10-4-2-1-3-9(10)11/h1-4,8H,5-7H2/t8-,13?/m1/s1. The zero-order valence-corrected chi connectivity index (χ0v) is 8.36. The fourth-order valence-corrected chi connectivity index (χ4v) is 3.33. The molecular weight excluding hydrogens is 186 g/mol. The Morgan fingerprint density at radius 3 is 3.07 bits per heavy atom. The van der Waals surface area contributed by atoms with E-state index in [4.69, 9.17) is 0 Å². The molecule has 1 saturated carbocycles. The van der Waals surface area contributed by atoms with Gasteiger partial charge in [-0.2, -0.15) is 0 Å². The lowest BCUT2D eigenvalue weighted by molar-refractivity contribution is 0.0995. The van der Waals surface area contributed by atoms with Crippen molar-refractivity contribution in [3.8, 4) is 0 Å². The van der Waals surface area contributed by atoms with Gasteiger partial charge in [-0.05, 0) is 17.9 Å². The van der Waals surface area contributed by atoms with Gasteiger partial charge in [0.15, 0.2) is 5.78 Å². The largest absolute Gasteiger partial charge is 0.294 e. The molecule has 2 atom stereocenters. The van der Waals surface area contributed by atoms with Crippen LogP contribution in [0.5, 0.6) is 0 Å². The third kappa shape index (κ3) is 0.738. The predicted octanol–water partition coefficient (Wildman–Crippen LogP) is 1.99. The summed E-state index contributed by atoms with van der Waals surface area (Å²) in [4.78, 5) is 16.4. The monoisotopic (exact) mass is 197 g/mol. The molecule has 0 aromatic heterocycles. The van der Waals surface area contributed by atoms with Crippen molar-refractivity contribution in [3.05, 3.63) is 35.4 Å². The van der Waals surface area contributed by atoms with E-state index >= 15 is 0 Å². The van der Waals surface area contributed by atoms with Crippen LogP contribution >= 0.6 is 0 Å². The first-order valence-corrected chi connectivity index (χ1v) is 5.49. The minimum Gasteiger partial charge on any atom is -0.294 e. The fourth-order valence-electron chi connectivity index (χ4n) is 3.33. The fraction of sp³-hybridized carbons (Fsp3) is 0.385. The molecule has 0 amide bonds. The van der Waals surface area contributed by atoms with E-state index in [0.29, 0.717) is 12.3 Å². The van der Waals surface area contributed by atoms with Crippen LogP contribution in [0.3, 0.4) is 0 Å². The van der Waals surface area contributed by atoms with Gasteiger partial charge in [-0.1, -0.05) is 24.3 Å². The lowest BCUT2D eigenvalue weighted by atomic mass is 9.77. The van der Waals surface area contributed by atoms with Gasteiger partial charge >= 0.3 is 0 Å². The average Bonchev–Trinajstić information content (AvgIpc) is 2.89. The molecule has 1 aromatic carbocycles. The van der Waals surface area contributed by atoms with E-state index < -0.39 is 0 Å². The van der Waals surface area contributed by atoms with E-state index in [1.54, 1.807) is 0 Å². The van der Waals surface area contributed by atoms with Crippen LogP contribution in [0, 0.1) is 5.92 Å². The Hall–Kier alpha value is -1.44. The van der Waals surface area contributed by atoms with E-state index in [9.17, 15) is 4.79 Å². The van der Waals surface area contributed by atoms with E-state index in [1.807, 2.05) is 18.2 Å². The first kappa shape index (κ1) is 7.80. The molecule has 2 nitrogen and oxygen atoms in total. The molecule has 74 valence electrons. The van der Waals surface area contributed by atoms with Gasteiger partial charge in [-0.3, -0.25) is 9.79 Å². The molecule has 1 aromatic rings. The molecule has 0 bridgehead atoms. The molecule has 15 heavy (non-hydrogen) atoms. The Morgan fingerprint density at radius 1 is 1.33 bits per heavy atom. The zero-order chi connectivity index (χ0) is 10.0. The Kier molecular flexibility index (Phi) is 1.15. The highest BCUT2D eigenvalue weighted by Gasteiger charge is 2.64. The third-order valence-electron chi connectivity index (χ3n) is 4.16. The van der Waals surface area contributed by atoms with Crippen LogP contribution in [0.4, 0.5) is 0 Å². The number of Topliss-reactive ketones (excluding diaryl/α,β-unsaturated/α-hetero) is 1. The summed E-state index contributed by atoms with van der Waals surface area (Å²) in [6.07, 6.45) is 1.78. The van der Waals surface area contributed by atoms with Gasteiger partial charge in [0.2, 0.25) is 0 Å². The molecule has 1 unspecified atom stereocenters. The molecule has 0 radical (unpaired) electrons. The summed E-state index contributed by atoms with van der Waals surface area (Å²) < 4.78 is 0. The smallest absolute Gasteiger partial charge is 0.168 e. The molecule has 1 heterocycles. The van der Waals surface area contributed by atoms with Crippen LogP contribution in [0.25, 0.3) is 0 Å². The number of hydrogen-bond donors (Lipinski definition) is 0. The average molecular weight is 197 g/mol. The highest BCUT2D eigenvalue weighted by molar-refractivity contribution is 6.20. The maximum Gasteiger partial charge on any atom is 0.168 e. The number of rotatable bonds is 0. The molecule has 1 fully saturated rings. The summed E-state index contributed by atoms with van der Waals surface area (Å²) >= 11 is 0. The lowest BCUT2D eigenvalue weighted by Gasteiger charge is -2.24. The van der Waals surface area contributed by atoms with Crippen molar-refractivity contribution < 1.29 is 4.79 Å².